The van der Waals surface area contributed by atoms with Crippen LogP contribution in [0.1, 0.15) is 0 Å². The van der Waals surface area contributed by atoms with Crippen molar-refractivity contribution in [1.82, 2.24) is 4.98 Å². The molecule has 4 aromatic rings. The average molecular weight is 269 g/mol. The fraction of sp³-hybridized carbons (Fsp3) is 0. The molecule has 92 valence electrons. The number of benzene rings is 1. The number of rotatable bonds is 1. The minimum absolute atomic E-state index is 0.381. The molecule has 0 spiro atoms. The summed E-state index contributed by atoms with van der Waals surface area (Å²) in [6, 6.07) is 7.36. The maximum atomic E-state index is 12.0. The van der Waals surface area contributed by atoms with E-state index in [0.717, 1.165) is 10.8 Å². The molecule has 0 unspecified atom stereocenters. The standard InChI is InChI=1S/C14H7NO3S/c16-14-10(13-15-2-4-19-13)6-9-5-8-1-3-17-11(8)7-12(9)18-14/h1-7H. The summed E-state index contributed by atoms with van der Waals surface area (Å²) in [6.45, 7) is 0. The first-order chi connectivity index (χ1) is 9.31. The molecule has 0 aliphatic carbocycles. The number of furan rings is 1. The Hall–Kier alpha value is -2.40. The van der Waals surface area contributed by atoms with Crippen molar-refractivity contribution >= 4 is 33.3 Å². The predicted molar refractivity (Wildman–Crippen MR) is 73.4 cm³/mol. The molecule has 0 aliphatic heterocycles. The Labute approximate surface area is 110 Å². The number of aromatic nitrogens is 1. The number of thiazole rings is 1. The summed E-state index contributed by atoms with van der Waals surface area (Å²) in [6.07, 6.45) is 3.28. The van der Waals surface area contributed by atoms with Gasteiger partial charge >= 0.3 is 5.63 Å². The Bertz CT molecular complexity index is 934. The van der Waals surface area contributed by atoms with Crippen LogP contribution in [-0.4, -0.2) is 4.98 Å². The first kappa shape index (κ1) is 10.5. The fourth-order valence-corrected chi connectivity index (χ4v) is 2.73. The maximum Gasteiger partial charge on any atom is 0.346 e. The van der Waals surface area contributed by atoms with Gasteiger partial charge in [0.15, 0.2) is 0 Å². The second kappa shape index (κ2) is 3.80. The normalized spacial score (nSPS) is 11.4. The highest BCUT2D eigenvalue weighted by Crippen LogP contribution is 2.26. The lowest BCUT2D eigenvalue weighted by Crippen LogP contribution is -2.02. The summed E-state index contributed by atoms with van der Waals surface area (Å²) in [7, 11) is 0. The van der Waals surface area contributed by atoms with E-state index in [1.165, 1.54) is 11.3 Å². The summed E-state index contributed by atoms with van der Waals surface area (Å²) < 4.78 is 10.6. The molecule has 0 atom stereocenters. The topological polar surface area (TPSA) is 56.2 Å². The van der Waals surface area contributed by atoms with Gasteiger partial charge in [-0.05, 0) is 18.2 Å². The van der Waals surface area contributed by atoms with Crippen LogP contribution in [0.25, 0.3) is 32.5 Å². The lowest BCUT2D eigenvalue weighted by Gasteiger charge is -1.99. The molecule has 0 bridgehead atoms. The van der Waals surface area contributed by atoms with Gasteiger partial charge in [-0.3, -0.25) is 0 Å². The van der Waals surface area contributed by atoms with E-state index in [0.29, 0.717) is 21.7 Å². The quantitative estimate of drug-likeness (QED) is 0.495. The highest BCUT2D eigenvalue weighted by Gasteiger charge is 2.11. The molecule has 0 N–H and O–H groups in total. The zero-order valence-electron chi connectivity index (χ0n) is 9.62. The van der Waals surface area contributed by atoms with Crippen molar-refractivity contribution in [2.75, 3.05) is 0 Å². The Balaban J connectivity index is 2.09. The van der Waals surface area contributed by atoms with Crippen LogP contribution in [0, 0.1) is 0 Å². The molecule has 3 aromatic heterocycles. The summed E-state index contributed by atoms with van der Waals surface area (Å²) in [5.41, 5.74) is 1.34. The van der Waals surface area contributed by atoms with E-state index in [2.05, 4.69) is 4.98 Å². The molecular formula is C14H7NO3S. The van der Waals surface area contributed by atoms with Crippen LogP contribution >= 0.6 is 11.3 Å². The van der Waals surface area contributed by atoms with Gasteiger partial charge in [0, 0.05) is 28.4 Å². The number of nitrogens with zero attached hydrogens (tertiary/aromatic N) is 1. The molecule has 3 heterocycles. The van der Waals surface area contributed by atoms with E-state index >= 15 is 0 Å². The second-order valence-corrected chi connectivity index (χ2v) is 5.03. The first-order valence-electron chi connectivity index (χ1n) is 5.66. The summed E-state index contributed by atoms with van der Waals surface area (Å²) in [5, 5.41) is 4.34. The van der Waals surface area contributed by atoms with E-state index < -0.39 is 0 Å². The van der Waals surface area contributed by atoms with Crippen molar-refractivity contribution in [3.63, 3.8) is 0 Å². The van der Waals surface area contributed by atoms with Gasteiger partial charge < -0.3 is 8.83 Å². The van der Waals surface area contributed by atoms with Crippen LogP contribution in [0.15, 0.2) is 55.7 Å². The van der Waals surface area contributed by atoms with Gasteiger partial charge in [0.2, 0.25) is 0 Å². The Morgan fingerprint density at radius 2 is 2.05 bits per heavy atom. The fourth-order valence-electron chi connectivity index (χ4n) is 2.08. The SMILES string of the molecule is O=c1oc2cc3occc3cc2cc1-c1nccs1. The Morgan fingerprint density at radius 3 is 2.89 bits per heavy atom. The van der Waals surface area contributed by atoms with Crippen molar-refractivity contribution in [1.29, 1.82) is 0 Å². The van der Waals surface area contributed by atoms with E-state index in [-0.39, 0.29) is 5.63 Å². The molecule has 0 radical (unpaired) electrons. The van der Waals surface area contributed by atoms with Crippen molar-refractivity contribution < 1.29 is 8.83 Å². The minimum atomic E-state index is -0.381. The molecular weight excluding hydrogens is 262 g/mol. The molecule has 19 heavy (non-hydrogen) atoms. The largest absolute Gasteiger partial charge is 0.464 e. The monoisotopic (exact) mass is 269 g/mol. The zero-order valence-corrected chi connectivity index (χ0v) is 10.4. The molecule has 0 saturated carbocycles. The van der Waals surface area contributed by atoms with Crippen molar-refractivity contribution in [3.8, 4) is 10.6 Å². The lowest BCUT2D eigenvalue weighted by atomic mass is 10.1. The molecule has 4 nitrogen and oxygen atoms in total. The van der Waals surface area contributed by atoms with E-state index in [1.54, 1.807) is 18.5 Å². The summed E-state index contributed by atoms with van der Waals surface area (Å²) >= 11 is 1.41. The van der Waals surface area contributed by atoms with Gasteiger partial charge in [-0.25, -0.2) is 9.78 Å². The molecule has 5 heteroatoms. The van der Waals surface area contributed by atoms with Crippen LogP contribution in [0.2, 0.25) is 0 Å². The Kier molecular flexibility index (Phi) is 2.10. The van der Waals surface area contributed by atoms with Crippen molar-refractivity contribution in [3.05, 3.63) is 52.5 Å². The van der Waals surface area contributed by atoms with E-state index in [1.807, 2.05) is 23.6 Å². The van der Waals surface area contributed by atoms with Crippen molar-refractivity contribution in [2.24, 2.45) is 0 Å². The van der Waals surface area contributed by atoms with Crippen LogP contribution < -0.4 is 5.63 Å². The average Bonchev–Trinajstić information content (AvgIpc) is 3.06. The van der Waals surface area contributed by atoms with Gasteiger partial charge in [0.25, 0.3) is 0 Å². The van der Waals surface area contributed by atoms with Gasteiger partial charge in [-0.2, -0.15) is 0 Å². The van der Waals surface area contributed by atoms with Gasteiger partial charge in [-0.15, -0.1) is 11.3 Å². The molecule has 0 saturated heterocycles. The number of hydrogen-bond donors (Lipinski definition) is 0. The molecule has 0 aliphatic rings. The third-order valence-corrected chi connectivity index (χ3v) is 3.78. The Morgan fingerprint density at radius 1 is 1.11 bits per heavy atom. The summed E-state index contributed by atoms with van der Waals surface area (Å²) in [5.74, 6) is 0. The lowest BCUT2D eigenvalue weighted by molar-refractivity contribution is 0.561. The number of hydrogen-bond acceptors (Lipinski definition) is 5. The molecule has 0 amide bonds. The van der Waals surface area contributed by atoms with E-state index in [4.69, 9.17) is 8.83 Å². The highest BCUT2D eigenvalue weighted by atomic mass is 32.1. The van der Waals surface area contributed by atoms with Gasteiger partial charge in [0.1, 0.15) is 16.2 Å². The van der Waals surface area contributed by atoms with Gasteiger partial charge in [-0.1, -0.05) is 0 Å². The van der Waals surface area contributed by atoms with Gasteiger partial charge in [0.05, 0.1) is 11.8 Å². The summed E-state index contributed by atoms with van der Waals surface area (Å²) in [4.78, 5) is 16.1. The van der Waals surface area contributed by atoms with Crippen LogP contribution in [0.4, 0.5) is 0 Å². The molecule has 0 fully saturated rings. The maximum absolute atomic E-state index is 12.0. The third-order valence-electron chi connectivity index (χ3n) is 2.97. The van der Waals surface area contributed by atoms with Crippen LogP contribution in [0.5, 0.6) is 0 Å². The highest BCUT2D eigenvalue weighted by molar-refractivity contribution is 7.13. The predicted octanol–water partition coefficient (Wildman–Crippen LogP) is 3.66. The first-order valence-corrected chi connectivity index (χ1v) is 6.54. The molecule has 4 rings (SSSR count). The minimum Gasteiger partial charge on any atom is -0.464 e. The second-order valence-electron chi connectivity index (χ2n) is 4.13. The van der Waals surface area contributed by atoms with Crippen LogP contribution in [0.3, 0.4) is 0 Å². The molecule has 1 aromatic carbocycles. The van der Waals surface area contributed by atoms with Crippen molar-refractivity contribution in [2.45, 2.75) is 0 Å². The number of fused-ring (bicyclic) bond motifs is 2. The smallest absolute Gasteiger partial charge is 0.346 e. The van der Waals surface area contributed by atoms with E-state index in [9.17, 15) is 4.79 Å². The van der Waals surface area contributed by atoms with Crippen LogP contribution in [-0.2, 0) is 0 Å². The third kappa shape index (κ3) is 1.59. The zero-order chi connectivity index (χ0) is 12.8.